The third kappa shape index (κ3) is 6.69. The molecule has 0 saturated carbocycles. The van der Waals surface area contributed by atoms with Crippen molar-refractivity contribution in [2.75, 3.05) is 7.05 Å². The Morgan fingerprint density at radius 3 is 2.24 bits per heavy atom. The van der Waals surface area contributed by atoms with E-state index in [0.29, 0.717) is 16.7 Å². The number of nitrogens with zero attached hydrogens (tertiary/aromatic N) is 2. The van der Waals surface area contributed by atoms with Crippen molar-refractivity contribution in [3.63, 3.8) is 0 Å². The molecule has 1 N–H and O–H groups in total. The Balaban J connectivity index is 1.56. The van der Waals surface area contributed by atoms with Crippen LogP contribution in [0.1, 0.15) is 27.0 Å². The van der Waals surface area contributed by atoms with Crippen molar-refractivity contribution in [3.05, 3.63) is 95.1 Å². The fraction of sp³-hybridized carbons (Fsp3) is 0.167. The highest BCUT2D eigenvalue weighted by Gasteiger charge is 2.20. The van der Waals surface area contributed by atoms with Crippen LogP contribution in [0.3, 0.4) is 0 Å². The molecule has 0 radical (unpaired) electrons. The van der Waals surface area contributed by atoms with E-state index in [0.717, 1.165) is 5.56 Å². The average Bonchev–Trinajstić information content (AvgIpc) is 2.80. The molecule has 1 amide bonds. The Kier molecular flexibility index (Phi) is 8.08. The number of alkyl halides is 2. The van der Waals surface area contributed by atoms with Crippen LogP contribution >= 0.6 is 0 Å². The van der Waals surface area contributed by atoms with Crippen molar-refractivity contribution in [2.24, 2.45) is 5.10 Å². The highest BCUT2D eigenvalue weighted by Crippen LogP contribution is 2.18. The third-order valence-corrected chi connectivity index (χ3v) is 6.65. The van der Waals surface area contributed by atoms with Gasteiger partial charge < -0.3 is 4.74 Å². The lowest BCUT2D eigenvalue weighted by atomic mass is 10.1. The summed E-state index contributed by atoms with van der Waals surface area (Å²) >= 11 is 0. The molecule has 3 aromatic rings. The number of hydrogen-bond donors (Lipinski definition) is 1. The quantitative estimate of drug-likeness (QED) is 0.362. The number of rotatable bonds is 9. The molecule has 0 aliphatic rings. The Hall–Kier alpha value is -3.63. The molecule has 0 atom stereocenters. The standard InChI is InChI=1S/C24H23F2N3O4S/c1-17-3-13-22(14-4-17)34(31,32)29(2)16-19-5-9-20(10-6-19)23(30)28-27-15-18-7-11-21(12-8-18)33-24(25)26/h3-15,24H,16H2,1-2H3,(H,28,30). The van der Waals surface area contributed by atoms with Crippen molar-refractivity contribution in [1.82, 2.24) is 9.73 Å². The number of aryl methyl sites for hydroxylation is 1. The van der Waals surface area contributed by atoms with Crippen molar-refractivity contribution >= 4 is 22.1 Å². The lowest BCUT2D eigenvalue weighted by Gasteiger charge is -2.17. The van der Waals surface area contributed by atoms with Gasteiger partial charge in [0.05, 0.1) is 11.1 Å². The topological polar surface area (TPSA) is 88.1 Å². The zero-order valence-corrected chi connectivity index (χ0v) is 19.3. The average molecular weight is 488 g/mol. The molecule has 178 valence electrons. The van der Waals surface area contributed by atoms with E-state index in [-0.39, 0.29) is 17.2 Å². The van der Waals surface area contributed by atoms with E-state index in [1.54, 1.807) is 48.5 Å². The van der Waals surface area contributed by atoms with E-state index in [1.807, 2.05) is 6.92 Å². The van der Waals surface area contributed by atoms with Crippen LogP contribution in [-0.2, 0) is 16.6 Å². The largest absolute Gasteiger partial charge is 0.435 e. The smallest absolute Gasteiger partial charge is 0.387 e. The molecular formula is C24H23F2N3O4S. The van der Waals surface area contributed by atoms with Gasteiger partial charge in [-0.2, -0.15) is 18.2 Å². The van der Waals surface area contributed by atoms with Gasteiger partial charge in [-0.25, -0.2) is 13.8 Å². The van der Waals surface area contributed by atoms with Crippen LogP contribution in [0, 0.1) is 6.92 Å². The van der Waals surface area contributed by atoms with E-state index < -0.39 is 22.5 Å². The van der Waals surface area contributed by atoms with Crippen LogP contribution in [0.25, 0.3) is 0 Å². The monoisotopic (exact) mass is 487 g/mol. The van der Waals surface area contributed by atoms with Crippen LogP contribution in [-0.4, -0.2) is 38.5 Å². The first kappa shape index (κ1) is 25.0. The molecule has 34 heavy (non-hydrogen) atoms. The summed E-state index contributed by atoms with van der Waals surface area (Å²) in [6.45, 7) is -0.876. The van der Waals surface area contributed by atoms with Crippen LogP contribution in [0.15, 0.2) is 82.8 Å². The van der Waals surface area contributed by atoms with Gasteiger partial charge >= 0.3 is 6.61 Å². The maximum atomic E-state index is 12.7. The normalized spacial score (nSPS) is 11.8. The predicted octanol–water partition coefficient (Wildman–Crippen LogP) is 4.18. The number of benzene rings is 3. The van der Waals surface area contributed by atoms with Gasteiger partial charge in [-0.3, -0.25) is 4.79 Å². The summed E-state index contributed by atoms with van der Waals surface area (Å²) in [6.07, 6.45) is 1.36. The van der Waals surface area contributed by atoms with Crippen molar-refractivity contribution in [1.29, 1.82) is 0 Å². The second-order valence-electron chi connectivity index (χ2n) is 7.42. The lowest BCUT2D eigenvalue weighted by Crippen LogP contribution is -2.26. The number of sulfonamides is 1. The number of hydrogen-bond acceptors (Lipinski definition) is 5. The van der Waals surface area contributed by atoms with Crippen molar-refractivity contribution in [2.45, 2.75) is 25.0 Å². The number of carbonyl (C=O) groups is 1. The van der Waals surface area contributed by atoms with Crippen LogP contribution in [0.4, 0.5) is 8.78 Å². The van der Waals surface area contributed by atoms with Crippen molar-refractivity contribution < 1.29 is 26.7 Å². The molecule has 0 aliphatic carbocycles. The van der Waals surface area contributed by atoms with Gasteiger partial charge in [-0.05, 0) is 66.6 Å². The number of ether oxygens (including phenoxy) is 1. The van der Waals surface area contributed by atoms with E-state index in [1.165, 1.54) is 41.8 Å². The lowest BCUT2D eigenvalue weighted by molar-refractivity contribution is -0.0498. The number of amides is 1. The van der Waals surface area contributed by atoms with Crippen LogP contribution in [0.2, 0.25) is 0 Å². The maximum absolute atomic E-state index is 12.7. The molecule has 0 aromatic heterocycles. The first-order chi connectivity index (χ1) is 16.1. The van der Waals surface area contributed by atoms with Crippen LogP contribution < -0.4 is 10.2 Å². The zero-order chi connectivity index (χ0) is 24.7. The van der Waals surface area contributed by atoms with Gasteiger partial charge in [0.2, 0.25) is 10.0 Å². The second kappa shape index (κ2) is 11.0. The van der Waals surface area contributed by atoms with Gasteiger partial charge in [-0.1, -0.05) is 29.8 Å². The van der Waals surface area contributed by atoms with Gasteiger partial charge in [0, 0.05) is 19.2 Å². The van der Waals surface area contributed by atoms with E-state index in [4.69, 9.17) is 0 Å². The SMILES string of the molecule is Cc1ccc(S(=O)(=O)N(C)Cc2ccc(C(=O)NN=Cc3ccc(OC(F)F)cc3)cc2)cc1. The third-order valence-electron chi connectivity index (χ3n) is 4.84. The van der Waals surface area contributed by atoms with Gasteiger partial charge in [0.15, 0.2) is 0 Å². The number of halogens is 2. The molecule has 3 rings (SSSR count). The molecule has 7 nitrogen and oxygen atoms in total. The van der Waals surface area contributed by atoms with Crippen LogP contribution in [0.5, 0.6) is 5.75 Å². The van der Waals surface area contributed by atoms with E-state index in [9.17, 15) is 22.0 Å². The Morgan fingerprint density at radius 2 is 1.65 bits per heavy atom. The van der Waals surface area contributed by atoms with Gasteiger partial charge in [-0.15, -0.1) is 0 Å². The number of carbonyl (C=O) groups excluding carboxylic acids is 1. The maximum Gasteiger partial charge on any atom is 0.387 e. The minimum atomic E-state index is -3.64. The second-order valence-corrected chi connectivity index (χ2v) is 9.46. The molecular weight excluding hydrogens is 464 g/mol. The molecule has 0 fully saturated rings. The fourth-order valence-corrected chi connectivity index (χ4v) is 4.12. The predicted molar refractivity (Wildman–Crippen MR) is 124 cm³/mol. The highest BCUT2D eigenvalue weighted by atomic mass is 32.2. The Morgan fingerprint density at radius 1 is 1.03 bits per heavy atom. The Bertz CT molecular complexity index is 1240. The summed E-state index contributed by atoms with van der Waals surface area (Å²) < 4.78 is 55.3. The molecule has 0 unspecified atom stereocenters. The fourth-order valence-electron chi connectivity index (χ4n) is 2.96. The zero-order valence-electron chi connectivity index (χ0n) is 18.5. The summed E-state index contributed by atoms with van der Waals surface area (Å²) in [4.78, 5) is 12.5. The van der Waals surface area contributed by atoms with Gasteiger partial charge in [0.1, 0.15) is 5.75 Å². The number of nitrogens with one attached hydrogen (secondary N) is 1. The van der Waals surface area contributed by atoms with Crippen molar-refractivity contribution in [3.8, 4) is 5.75 Å². The molecule has 10 heteroatoms. The Labute approximate surface area is 196 Å². The summed E-state index contributed by atoms with van der Waals surface area (Å²) in [5.74, 6) is -0.435. The molecule has 0 heterocycles. The molecule has 0 saturated heterocycles. The minimum absolute atomic E-state index is 0.0218. The first-order valence-electron chi connectivity index (χ1n) is 10.2. The number of hydrazone groups is 1. The summed E-state index contributed by atoms with van der Waals surface area (Å²) in [6, 6.07) is 18.9. The minimum Gasteiger partial charge on any atom is -0.435 e. The first-order valence-corrected chi connectivity index (χ1v) is 11.6. The molecule has 0 bridgehead atoms. The summed E-state index contributed by atoms with van der Waals surface area (Å²) in [5, 5.41) is 3.85. The van der Waals surface area contributed by atoms with E-state index >= 15 is 0 Å². The van der Waals surface area contributed by atoms with Gasteiger partial charge in [0.25, 0.3) is 5.91 Å². The summed E-state index contributed by atoms with van der Waals surface area (Å²) in [7, 11) is -2.14. The molecule has 0 spiro atoms. The molecule has 0 aliphatic heterocycles. The molecule has 3 aromatic carbocycles. The highest BCUT2D eigenvalue weighted by molar-refractivity contribution is 7.89. The summed E-state index contributed by atoms with van der Waals surface area (Å²) in [5.41, 5.74) is 4.98. The van der Waals surface area contributed by atoms with E-state index in [2.05, 4.69) is 15.3 Å².